The molecule has 2 aliphatic heterocycles. The molecule has 1 aromatic carbocycles. The standard InChI is InChI=1S/C19H27N5O/c1-25-18-5-3-2-4-17(18)23-10-7-16(8-11-23)20-12-15-13-21-19-6-9-22-24(19)14-15/h2-6,9,15-16,20-21H,7-8,10-14H2,1H3/t15-/m1/s1. The normalized spacial score (nSPS) is 20.8. The molecule has 1 saturated heterocycles. The van der Waals surface area contributed by atoms with Crippen molar-refractivity contribution in [2.75, 3.05) is 43.5 Å². The highest BCUT2D eigenvalue weighted by Crippen LogP contribution is 2.29. The maximum Gasteiger partial charge on any atom is 0.142 e. The number of nitrogens with one attached hydrogen (secondary N) is 2. The second kappa shape index (κ2) is 7.35. The van der Waals surface area contributed by atoms with Gasteiger partial charge < -0.3 is 20.3 Å². The van der Waals surface area contributed by atoms with Gasteiger partial charge in [0.25, 0.3) is 0 Å². The minimum atomic E-state index is 0.597. The van der Waals surface area contributed by atoms with Gasteiger partial charge in [-0.3, -0.25) is 0 Å². The van der Waals surface area contributed by atoms with Gasteiger partial charge in [-0.2, -0.15) is 5.10 Å². The number of hydrogen-bond acceptors (Lipinski definition) is 5. The van der Waals surface area contributed by atoms with Crippen LogP contribution in [-0.2, 0) is 6.54 Å². The highest BCUT2D eigenvalue weighted by Gasteiger charge is 2.23. The van der Waals surface area contributed by atoms with Crippen molar-refractivity contribution < 1.29 is 4.74 Å². The number of methoxy groups -OCH3 is 1. The monoisotopic (exact) mass is 341 g/mol. The lowest BCUT2D eigenvalue weighted by molar-refractivity contribution is 0.341. The van der Waals surface area contributed by atoms with E-state index in [-0.39, 0.29) is 0 Å². The summed E-state index contributed by atoms with van der Waals surface area (Å²) >= 11 is 0. The third-order valence-corrected chi connectivity index (χ3v) is 5.34. The van der Waals surface area contributed by atoms with Gasteiger partial charge >= 0.3 is 0 Å². The van der Waals surface area contributed by atoms with Crippen LogP contribution in [0.5, 0.6) is 5.75 Å². The Balaban J connectivity index is 1.25. The first-order valence-electron chi connectivity index (χ1n) is 9.20. The number of aromatic nitrogens is 2. The Hall–Kier alpha value is -2.21. The molecular weight excluding hydrogens is 314 g/mol. The molecule has 0 bridgehead atoms. The lowest BCUT2D eigenvalue weighted by atomic mass is 10.0. The van der Waals surface area contributed by atoms with E-state index in [1.165, 1.54) is 18.5 Å². The van der Waals surface area contributed by atoms with E-state index in [0.29, 0.717) is 12.0 Å². The molecule has 4 rings (SSSR count). The number of nitrogens with zero attached hydrogens (tertiary/aromatic N) is 3. The first kappa shape index (κ1) is 16.3. The molecule has 25 heavy (non-hydrogen) atoms. The van der Waals surface area contributed by atoms with Gasteiger partial charge in [0.2, 0.25) is 0 Å². The van der Waals surface area contributed by atoms with Gasteiger partial charge in [0.15, 0.2) is 0 Å². The molecule has 6 nitrogen and oxygen atoms in total. The molecule has 2 aromatic rings. The third-order valence-electron chi connectivity index (χ3n) is 5.34. The van der Waals surface area contributed by atoms with Crippen molar-refractivity contribution >= 4 is 11.5 Å². The number of para-hydroxylation sites is 2. The van der Waals surface area contributed by atoms with E-state index in [0.717, 1.165) is 44.3 Å². The molecule has 0 amide bonds. The van der Waals surface area contributed by atoms with Crippen LogP contribution < -0.4 is 20.3 Å². The van der Waals surface area contributed by atoms with Gasteiger partial charge in [0.05, 0.1) is 19.0 Å². The number of piperidine rings is 1. The Kier molecular flexibility index (Phi) is 4.78. The second-order valence-electron chi connectivity index (χ2n) is 6.99. The van der Waals surface area contributed by atoms with Crippen molar-refractivity contribution in [1.29, 1.82) is 0 Å². The summed E-state index contributed by atoms with van der Waals surface area (Å²) in [7, 11) is 1.75. The number of fused-ring (bicyclic) bond motifs is 1. The van der Waals surface area contributed by atoms with Crippen LogP contribution >= 0.6 is 0 Å². The predicted molar refractivity (Wildman–Crippen MR) is 100 cm³/mol. The van der Waals surface area contributed by atoms with Gasteiger partial charge in [-0.1, -0.05) is 12.1 Å². The van der Waals surface area contributed by atoms with E-state index in [9.17, 15) is 0 Å². The van der Waals surface area contributed by atoms with Crippen LogP contribution in [0.3, 0.4) is 0 Å². The molecule has 2 N–H and O–H groups in total. The molecule has 3 heterocycles. The van der Waals surface area contributed by atoms with Crippen LogP contribution in [0.4, 0.5) is 11.5 Å². The van der Waals surface area contributed by atoms with Crippen molar-refractivity contribution in [3.8, 4) is 5.75 Å². The molecule has 0 unspecified atom stereocenters. The summed E-state index contributed by atoms with van der Waals surface area (Å²) < 4.78 is 7.57. The number of ether oxygens (including phenoxy) is 1. The molecule has 1 fully saturated rings. The Bertz CT molecular complexity index is 693. The van der Waals surface area contributed by atoms with Crippen LogP contribution in [0.2, 0.25) is 0 Å². The first-order valence-corrected chi connectivity index (χ1v) is 9.20. The zero-order valence-corrected chi connectivity index (χ0v) is 14.8. The molecular formula is C19H27N5O. The largest absolute Gasteiger partial charge is 0.495 e. The fraction of sp³-hybridized carbons (Fsp3) is 0.526. The smallest absolute Gasteiger partial charge is 0.142 e. The molecule has 2 aliphatic rings. The van der Waals surface area contributed by atoms with Gasteiger partial charge in [0.1, 0.15) is 11.6 Å². The summed E-state index contributed by atoms with van der Waals surface area (Å²) in [4.78, 5) is 2.44. The molecule has 134 valence electrons. The summed E-state index contributed by atoms with van der Waals surface area (Å²) in [5.74, 6) is 2.71. The van der Waals surface area contributed by atoms with Crippen LogP contribution in [0.25, 0.3) is 0 Å². The first-order chi connectivity index (χ1) is 12.3. The minimum absolute atomic E-state index is 0.597. The molecule has 0 radical (unpaired) electrons. The average Bonchev–Trinajstić information content (AvgIpc) is 3.14. The fourth-order valence-electron chi connectivity index (χ4n) is 3.87. The lowest BCUT2D eigenvalue weighted by Gasteiger charge is -2.35. The van der Waals surface area contributed by atoms with E-state index in [1.807, 2.05) is 24.4 Å². The summed E-state index contributed by atoms with van der Waals surface area (Å²) in [6, 6.07) is 10.9. The highest BCUT2D eigenvalue weighted by molar-refractivity contribution is 5.58. The van der Waals surface area contributed by atoms with Gasteiger partial charge in [-0.25, -0.2) is 4.68 Å². The predicted octanol–water partition coefficient (Wildman–Crippen LogP) is 2.19. The average molecular weight is 341 g/mol. The van der Waals surface area contributed by atoms with Crippen LogP contribution in [0.15, 0.2) is 36.5 Å². The Morgan fingerprint density at radius 1 is 1.24 bits per heavy atom. The van der Waals surface area contributed by atoms with Crippen molar-refractivity contribution in [1.82, 2.24) is 15.1 Å². The van der Waals surface area contributed by atoms with Crippen molar-refractivity contribution in [2.45, 2.75) is 25.4 Å². The molecule has 0 aliphatic carbocycles. The van der Waals surface area contributed by atoms with Crippen LogP contribution in [0.1, 0.15) is 12.8 Å². The second-order valence-corrected chi connectivity index (χ2v) is 6.99. The summed E-state index contributed by atoms with van der Waals surface area (Å²) in [5, 5.41) is 11.6. The lowest BCUT2D eigenvalue weighted by Crippen LogP contribution is -2.45. The fourth-order valence-corrected chi connectivity index (χ4v) is 3.87. The quantitative estimate of drug-likeness (QED) is 0.873. The van der Waals surface area contributed by atoms with Gasteiger partial charge in [0, 0.05) is 50.7 Å². The summed E-state index contributed by atoms with van der Waals surface area (Å²) in [5.41, 5.74) is 1.21. The SMILES string of the molecule is COc1ccccc1N1CCC(NC[C@@H]2CNc3ccnn3C2)CC1. The molecule has 1 aromatic heterocycles. The molecule has 0 saturated carbocycles. The maximum atomic E-state index is 5.50. The van der Waals surface area contributed by atoms with Crippen molar-refractivity contribution in [3.05, 3.63) is 36.5 Å². The topological polar surface area (TPSA) is 54.4 Å². The van der Waals surface area contributed by atoms with E-state index in [2.05, 4.69) is 37.4 Å². The van der Waals surface area contributed by atoms with Crippen molar-refractivity contribution in [3.63, 3.8) is 0 Å². The Morgan fingerprint density at radius 3 is 2.92 bits per heavy atom. The summed E-state index contributed by atoms with van der Waals surface area (Å²) in [6.45, 7) is 5.22. The third kappa shape index (κ3) is 3.58. The van der Waals surface area contributed by atoms with Gasteiger partial charge in [-0.15, -0.1) is 0 Å². The highest BCUT2D eigenvalue weighted by atomic mass is 16.5. The zero-order valence-electron chi connectivity index (χ0n) is 14.8. The van der Waals surface area contributed by atoms with E-state index >= 15 is 0 Å². The molecule has 6 heteroatoms. The summed E-state index contributed by atoms with van der Waals surface area (Å²) in [6.07, 6.45) is 4.21. The van der Waals surface area contributed by atoms with E-state index < -0.39 is 0 Å². The number of anilines is 2. The van der Waals surface area contributed by atoms with Crippen LogP contribution in [-0.4, -0.2) is 49.1 Å². The van der Waals surface area contributed by atoms with E-state index in [1.54, 1.807) is 7.11 Å². The maximum absolute atomic E-state index is 5.50. The van der Waals surface area contributed by atoms with Crippen molar-refractivity contribution in [2.24, 2.45) is 5.92 Å². The van der Waals surface area contributed by atoms with Gasteiger partial charge in [-0.05, 0) is 25.0 Å². The van der Waals surface area contributed by atoms with E-state index in [4.69, 9.17) is 4.74 Å². The number of rotatable bonds is 5. The number of benzene rings is 1. The Morgan fingerprint density at radius 2 is 2.08 bits per heavy atom. The number of hydrogen-bond donors (Lipinski definition) is 2. The van der Waals surface area contributed by atoms with Crippen LogP contribution in [0, 0.1) is 5.92 Å². The molecule has 0 spiro atoms. The minimum Gasteiger partial charge on any atom is -0.495 e. The Labute approximate surface area is 149 Å². The molecule has 1 atom stereocenters. The zero-order chi connectivity index (χ0) is 17.1.